The zero-order chi connectivity index (χ0) is 21.1. The first kappa shape index (κ1) is 20.9. The van der Waals surface area contributed by atoms with E-state index in [4.69, 9.17) is 14.4 Å². The van der Waals surface area contributed by atoms with Crippen molar-refractivity contribution in [1.82, 2.24) is 15.0 Å². The monoisotopic (exact) mass is 416 g/mol. The Morgan fingerprint density at radius 1 is 1.20 bits per heavy atom. The largest absolute Gasteiger partial charge is 0.465 e. The van der Waals surface area contributed by atoms with Gasteiger partial charge in [-0.1, -0.05) is 5.16 Å². The van der Waals surface area contributed by atoms with Gasteiger partial charge in [-0.15, -0.1) is 0 Å². The minimum atomic E-state index is -0.805. The lowest BCUT2D eigenvalue weighted by atomic mass is 9.91. The molecule has 0 saturated carbocycles. The Bertz CT molecular complexity index is 867. The van der Waals surface area contributed by atoms with E-state index < -0.39 is 6.09 Å². The Labute approximate surface area is 177 Å². The number of piperidine rings is 1. The van der Waals surface area contributed by atoms with Gasteiger partial charge in [-0.05, 0) is 57.8 Å². The summed E-state index contributed by atoms with van der Waals surface area (Å²) in [6.45, 7) is 5.35. The van der Waals surface area contributed by atoms with Gasteiger partial charge in [0.05, 0.1) is 18.9 Å². The van der Waals surface area contributed by atoms with Crippen molar-refractivity contribution in [3.8, 4) is 0 Å². The first-order valence-corrected chi connectivity index (χ1v) is 10.9. The van der Waals surface area contributed by atoms with Crippen LogP contribution in [0.3, 0.4) is 0 Å². The number of aryl methyl sites for hydroxylation is 1. The minimum Gasteiger partial charge on any atom is -0.465 e. The van der Waals surface area contributed by atoms with Gasteiger partial charge in [0, 0.05) is 49.4 Å². The number of nitrogens with zero attached hydrogens (tertiary/aromatic N) is 4. The molecule has 1 amide bonds. The molecule has 0 radical (unpaired) electrons. The van der Waals surface area contributed by atoms with Crippen LogP contribution in [0.1, 0.15) is 30.5 Å². The fourth-order valence-electron chi connectivity index (χ4n) is 4.60. The quantitative estimate of drug-likeness (QED) is 0.775. The second-order valence-electron chi connectivity index (χ2n) is 8.66. The first-order chi connectivity index (χ1) is 14.5. The highest BCUT2D eigenvalue weighted by atomic mass is 16.5. The lowest BCUT2D eigenvalue weighted by molar-refractivity contribution is 0.122. The summed E-state index contributed by atoms with van der Waals surface area (Å²) in [5.74, 6) is 0.543. The molecule has 2 aromatic rings. The van der Waals surface area contributed by atoms with E-state index in [1.54, 1.807) is 0 Å². The zero-order valence-electron chi connectivity index (χ0n) is 18.0. The smallest absolute Gasteiger partial charge is 0.407 e. The molecule has 2 fully saturated rings. The normalized spacial score (nSPS) is 18.5. The number of anilines is 1. The SMILES string of the molecule is CN(C)Cc1c(N2CCOCC2)ccc2c(CCC3CCN(C(=O)O)CC3)noc12. The summed E-state index contributed by atoms with van der Waals surface area (Å²) in [5.41, 5.74) is 4.30. The van der Waals surface area contributed by atoms with Gasteiger partial charge < -0.3 is 29.1 Å². The van der Waals surface area contributed by atoms with E-state index in [-0.39, 0.29) is 0 Å². The lowest BCUT2D eigenvalue weighted by Crippen LogP contribution is -2.37. The van der Waals surface area contributed by atoms with E-state index in [1.165, 1.54) is 16.2 Å². The van der Waals surface area contributed by atoms with E-state index in [2.05, 4.69) is 41.2 Å². The van der Waals surface area contributed by atoms with Gasteiger partial charge in [-0.25, -0.2) is 4.79 Å². The highest BCUT2D eigenvalue weighted by molar-refractivity contribution is 5.87. The first-order valence-electron chi connectivity index (χ1n) is 10.9. The maximum Gasteiger partial charge on any atom is 0.407 e. The fraction of sp³-hybridized carbons (Fsp3) is 0.636. The Kier molecular flexibility index (Phi) is 6.43. The van der Waals surface area contributed by atoms with E-state index in [0.717, 1.165) is 75.2 Å². The van der Waals surface area contributed by atoms with Gasteiger partial charge in [0.25, 0.3) is 0 Å². The van der Waals surface area contributed by atoms with Gasteiger partial charge in [0.15, 0.2) is 5.58 Å². The third-order valence-corrected chi connectivity index (χ3v) is 6.29. The molecule has 1 N–H and O–H groups in total. The van der Waals surface area contributed by atoms with Crippen LogP contribution in [0.4, 0.5) is 10.5 Å². The van der Waals surface area contributed by atoms with Crippen LogP contribution in [0.2, 0.25) is 0 Å². The van der Waals surface area contributed by atoms with Crippen LogP contribution in [0.5, 0.6) is 0 Å². The third-order valence-electron chi connectivity index (χ3n) is 6.29. The molecule has 0 aliphatic carbocycles. The molecule has 30 heavy (non-hydrogen) atoms. The van der Waals surface area contributed by atoms with Crippen LogP contribution >= 0.6 is 0 Å². The molecule has 164 valence electrons. The third kappa shape index (κ3) is 4.54. The number of likely N-dealkylation sites (tertiary alicyclic amines) is 1. The van der Waals surface area contributed by atoms with Crippen molar-refractivity contribution in [2.45, 2.75) is 32.2 Å². The molecule has 3 heterocycles. The molecule has 0 unspecified atom stereocenters. The summed E-state index contributed by atoms with van der Waals surface area (Å²) in [7, 11) is 4.14. The van der Waals surface area contributed by atoms with Crippen LogP contribution in [0.15, 0.2) is 16.7 Å². The Morgan fingerprint density at radius 3 is 2.60 bits per heavy atom. The summed E-state index contributed by atoms with van der Waals surface area (Å²) in [5, 5.41) is 14.7. The maximum atomic E-state index is 11.1. The second kappa shape index (κ2) is 9.22. The summed E-state index contributed by atoms with van der Waals surface area (Å²) < 4.78 is 11.4. The molecule has 1 aromatic heterocycles. The molecule has 0 atom stereocenters. The number of carboxylic acid groups (broad SMARTS) is 1. The summed E-state index contributed by atoms with van der Waals surface area (Å²) >= 11 is 0. The highest BCUT2D eigenvalue weighted by Gasteiger charge is 2.24. The van der Waals surface area contributed by atoms with Gasteiger partial charge >= 0.3 is 6.09 Å². The van der Waals surface area contributed by atoms with E-state index in [9.17, 15) is 4.79 Å². The average Bonchev–Trinajstić information content (AvgIpc) is 3.16. The second-order valence-corrected chi connectivity index (χ2v) is 8.66. The predicted molar refractivity (Wildman–Crippen MR) is 115 cm³/mol. The Morgan fingerprint density at radius 2 is 1.93 bits per heavy atom. The van der Waals surface area contributed by atoms with Crippen molar-refractivity contribution < 1.29 is 19.2 Å². The molecule has 2 aliphatic rings. The van der Waals surface area contributed by atoms with E-state index in [1.807, 2.05) is 0 Å². The summed E-state index contributed by atoms with van der Waals surface area (Å²) in [4.78, 5) is 17.1. The Hall–Kier alpha value is -2.32. The summed E-state index contributed by atoms with van der Waals surface area (Å²) in [6.07, 6.45) is 2.93. The number of hydrogen-bond acceptors (Lipinski definition) is 6. The molecule has 4 rings (SSSR count). The van der Waals surface area contributed by atoms with Crippen molar-refractivity contribution in [1.29, 1.82) is 0 Å². The number of ether oxygens (including phenoxy) is 1. The van der Waals surface area contributed by atoms with Crippen molar-refractivity contribution in [3.63, 3.8) is 0 Å². The van der Waals surface area contributed by atoms with E-state index in [0.29, 0.717) is 19.0 Å². The number of hydrogen-bond donors (Lipinski definition) is 1. The van der Waals surface area contributed by atoms with Crippen molar-refractivity contribution in [3.05, 3.63) is 23.4 Å². The number of fused-ring (bicyclic) bond motifs is 1. The van der Waals surface area contributed by atoms with Crippen LogP contribution in [-0.4, -0.2) is 79.6 Å². The molecule has 8 nitrogen and oxygen atoms in total. The van der Waals surface area contributed by atoms with Gasteiger partial charge in [0.2, 0.25) is 0 Å². The van der Waals surface area contributed by atoms with Crippen molar-refractivity contribution in [2.24, 2.45) is 5.92 Å². The zero-order valence-corrected chi connectivity index (χ0v) is 18.0. The van der Waals surface area contributed by atoms with Crippen LogP contribution in [0.25, 0.3) is 11.0 Å². The topological polar surface area (TPSA) is 82.3 Å². The standard InChI is InChI=1S/C22H32N4O4/c1-24(2)15-18-20(25-11-13-29-14-12-25)6-4-17-19(23-30-21(17)18)5-3-16-7-9-26(10-8-16)22(27)28/h4,6,16H,3,5,7-15H2,1-2H3,(H,27,28). The lowest BCUT2D eigenvalue weighted by Gasteiger charge is -2.31. The fourth-order valence-corrected chi connectivity index (χ4v) is 4.60. The van der Waals surface area contributed by atoms with Gasteiger partial charge in [0.1, 0.15) is 0 Å². The van der Waals surface area contributed by atoms with Crippen LogP contribution < -0.4 is 4.90 Å². The highest BCUT2D eigenvalue weighted by Crippen LogP contribution is 2.33. The Balaban J connectivity index is 1.50. The molecule has 2 aliphatic heterocycles. The van der Waals surface area contributed by atoms with Crippen molar-refractivity contribution in [2.75, 3.05) is 58.4 Å². The van der Waals surface area contributed by atoms with E-state index >= 15 is 0 Å². The number of morpholine rings is 1. The minimum absolute atomic E-state index is 0.543. The molecule has 0 bridgehead atoms. The molecular weight excluding hydrogens is 384 g/mol. The number of aromatic nitrogens is 1. The average molecular weight is 417 g/mol. The molecule has 1 aromatic carbocycles. The molecular formula is C22H32N4O4. The van der Waals surface area contributed by atoms with Gasteiger partial charge in [-0.3, -0.25) is 0 Å². The van der Waals surface area contributed by atoms with Crippen LogP contribution in [0, 0.1) is 5.92 Å². The maximum absolute atomic E-state index is 11.1. The molecule has 0 spiro atoms. The molecule has 2 saturated heterocycles. The van der Waals surface area contributed by atoms with Crippen molar-refractivity contribution >= 4 is 22.7 Å². The number of benzene rings is 1. The number of amides is 1. The number of rotatable bonds is 6. The molecule has 8 heteroatoms. The predicted octanol–water partition coefficient (Wildman–Crippen LogP) is 3.05. The number of carbonyl (C=O) groups is 1. The van der Waals surface area contributed by atoms with Gasteiger partial charge in [-0.2, -0.15) is 0 Å². The summed E-state index contributed by atoms with van der Waals surface area (Å²) in [6, 6.07) is 4.36. The van der Waals surface area contributed by atoms with Crippen LogP contribution in [-0.2, 0) is 17.7 Å².